The van der Waals surface area contributed by atoms with Crippen LogP contribution in [0.2, 0.25) is 0 Å². The monoisotopic (exact) mass is 349 g/mol. The molecule has 1 N–H and O–H groups in total. The Hall–Kier alpha value is -1.24. The maximum Gasteiger partial charge on any atom is 0.267 e. The first kappa shape index (κ1) is 16.6. The number of hydrogen-bond acceptors (Lipinski definition) is 5. The number of amides is 1. The molecular formula is C17H23N3OS2. The number of thiazole rings is 1. The van der Waals surface area contributed by atoms with Crippen LogP contribution in [0.15, 0.2) is 18.3 Å². The third-order valence-corrected chi connectivity index (χ3v) is 6.00. The number of nitrogens with one attached hydrogen (secondary N) is 1. The summed E-state index contributed by atoms with van der Waals surface area (Å²) in [4.78, 5) is 22.3. The molecule has 2 aromatic rings. The number of nitrogens with zero attached hydrogens (tertiary/aromatic N) is 2. The van der Waals surface area contributed by atoms with E-state index in [0.717, 1.165) is 16.3 Å². The average molecular weight is 350 g/mol. The van der Waals surface area contributed by atoms with Crippen molar-refractivity contribution in [2.75, 3.05) is 18.4 Å². The Labute approximate surface area is 145 Å². The molecule has 3 rings (SSSR count). The third kappa shape index (κ3) is 4.00. The van der Waals surface area contributed by atoms with E-state index in [9.17, 15) is 4.79 Å². The smallest absolute Gasteiger partial charge is 0.267 e. The van der Waals surface area contributed by atoms with Gasteiger partial charge in [0, 0.05) is 28.5 Å². The summed E-state index contributed by atoms with van der Waals surface area (Å²) in [5.74, 6) is 0.621. The van der Waals surface area contributed by atoms with E-state index in [1.165, 1.54) is 35.6 Å². The highest BCUT2D eigenvalue weighted by atomic mass is 32.1. The van der Waals surface area contributed by atoms with Crippen LogP contribution in [-0.4, -0.2) is 28.9 Å². The van der Waals surface area contributed by atoms with Crippen LogP contribution in [0, 0.1) is 12.8 Å². The normalized spacial score (nSPS) is 18.7. The van der Waals surface area contributed by atoms with E-state index in [1.807, 2.05) is 13.0 Å². The number of hydrogen-bond donors (Lipinski definition) is 1. The lowest BCUT2D eigenvalue weighted by molar-refractivity contribution is 0.103. The number of carbonyl (C=O) groups excluding carboxylic acids is 1. The molecule has 4 nitrogen and oxygen atoms in total. The number of aromatic nitrogens is 1. The quantitative estimate of drug-likeness (QED) is 0.861. The maximum absolute atomic E-state index is 12.4. The first-order chi connectivity index (χ1) is 11.0. The summed E-state index contributed by atoms with van der Waals surface area (Å²) in [6.07, 6.45) is 4.22. The Balaban J connectivity index is 1.68. The standard InChI is InChI=1S/C17H23N3OS2/c1-11(2)10-20-8-4-5-13(20)14-6-7-15(23-14)16(21)19-17-18-9-12(3)22-17/h6-7,9,11,13H,4-5,8,10H2,1-3H3,(H,18,19,21). The van der Waals surface area contributed by atoms with Gasteiger partial charge in [0.05, 0.1) is 4.88 Å². The van der Waals surface area contributed by atoms with Gasteiger partial charge in [-0.15, -0.1) is 22.7 Å². The summed E-state index contributed by atoms with van der Waals surface area (Å²) in [6, 6.07) is 4.54. The number of aryl methyl sites for hydroxylation is 1. The molecule has 0 radical (unpaired) electrons. The second-order valence-electron chi connectivity index (χ2n) is 6.48. The van der Waals surface area contributed by atoms with Gasteiger partial charge in [-0.2, -0.15) is 0 Å². The van der Waals surface area contributed by atoms with Gasteiger partial charge >= 0.3 is 0 Å². The minimum Gasteiger partial charge on any atom is -0.297 e. The molecule has 1 aliphatic rings. The summed E-state index contributed by atoms with van der Waals surface area (Å²) in [6.45, 7) is 8.81. The molecule has 0 bridgehead atoms. The Morgan fingerprint density at radius 1 is 1.43 bits per heavy atom. The van der Waals surface area contributed by atoms with E-state index in [4.69, 9.17) is 0 Å². The zero-order chi connectivity index (χ0) is 16.4. The Morgan fingerprint density at radius 2 is 2.26 bits per heavy atom. The Bertz CT molecular complexity index is 677. The van der Waals surface area contributed by atoms with Crippen molar-refractivity contribution in [3.63, 3.8) is 0 Å². The maximum atomic E-state index is 12.4. The van der Waals surface area contributed by atoms with Crippen molar-refractivity contribution in [1.82, 2.24) is 9.88 Å². The molecule has 1 amide bonds. The predicted octanol–water partition coefficient (Wildman–Crippen LogP) is 4.56. The molecule has 124 valence electrons. The van der Waals surface area contributed by atoms with E-state index in [2.05, 4.69) is 35.1 Å². The van der Waals surface area contributed by atoms with Gasteiger partial charge in [-0.1, -0.05) is 13.8 Å². The molecule has 0 saturated carbocycles. The minimum absolute atomic E-state index is 0.0518. The average Bonchev–Trinajstić information content (AvgIpc) is 3.18. The molecule has 1 unspecified atom stereocenters. The van der Waals surface area contributed by atoms with Crippen molar-refractivity contribution in [2.24, 2.45) is 5.92 Å². The van der Waals surface area contributed by atoms with Crippen LogP contribution < -0.4 is 5.32 Å². The molecule has 23 heavy (non-hydrogen) atoms. The number of rotatable bonds is 5. The third-order valence-electron chi connectivity index (χ3n) is 3.98. The van der Waals surface area contributed by atoms with Crippen LogP contribution in [-0.2, 0) is 0 Å². The lowest BCUT2D eigenvalue weighted by Crippen LogP contribution is -2.26. The van der Waals surface area contributed by atoms with Crippen molar-refractivity contribution in [2.45, 2.75) is 39.7 Å². The van der Waals surface area contributed by atoms with Gasteiger partial charge in [0.15, 0.2) is 5.13 Å². The Morgan fingerprint density at radius 3 is 2.96 bits per heavy atom. The fraction of sp³-hybridized carbons (Fsp3) is 0.529. The number of anilines is 1. The molecule has 0 aromatic carbocycles. The van der Waals surface area contributed by atoms with Crippen LogP contribution >= 0.6 is 22.7 Å². The second-order valence-corrected chi connectivity index (χ2v) is 8.83. The van der Waals surface area contributed by atoms with Gasteiger partial charge in [0.1, 0.15) is 0 Å². The fourth-order valence-corrected chi connectivity index (χ4v) is 4.79. The lowest BCUT2D eigenvalue weighted by atomic mass is 10.1. The summed E-state index contributed by atoms with van der Waals surface area (Å²) in [7, 11) is 0. The molecule has 0 aliphatic carbocycles. The van der Waals surface area contributed by atoms with Crippen molar-refractivity contribution in [3.05, 3.63) is 33.0 Å². The molecule has 6 heteroatoms. The van der Waals surface area contributed by atoms with Crippen LogP contribution in [0.5, 0.6) is 0 Å². The highest BCUT2D eigenvalue weighted by molar-refractivity contribution is 7.16. The first-order valence-electron chi connectivity index (χ1n) is 8.10. The number of carbonyl (C=O) groups is 1. The van der Waals surface area contributed by atoms with Crippen LogP contribution in [0.1, 0.15) is 52.2 Å². The van der Waals surface area contributed by atoms with Gasteiger partial charge in [0.25, 0.3) is 5.91 Å². The molecular weight excluding hydrogens is 326 g/mol. The Kier molecular flexibility index (Phi) is 5.14. The molecule has 2 aromatic heterocycles. The van der Waals surface area contributed by atoms with Gasteiger partial charge in [0.2, 0.25) is 0 Å². The van der Waals surface area contributed by atoms with E-state index in [0.29, 0.717) is 17.1 Å². The van der Waals surface area contributed by atoms with E-state index < -0.39 is 0 Å². The van der Waals surface area contributed by atoms with Crippen molar-refractivity contribution in [3.8, 4) is 0 Å². The fourth-order valence-electron chi connectivity index (χ4n) is 3.06. The minimum atomic E-state index is -0.0518. The molecule has 3 heterocycles. The molecule has 1 atom stereocenters. The zero-order valence-corrected chi connectivity index (χ0v) is 15.5. The first-order valence-corrected chi connectivity index (χ1v) is 9.74. The van der Waals surface area contributed by atoms with Gasteiger partial charge in [-0.25, -0.2) is 4.98 Å². The van der Waals surface area contributed by atoms with Crippen LogP contribution in [0.3, 0.4) is 0 Å². The SMILES string of the molecule is Cc1cnc(NC(=O)c2ccc(C3CCCN3CC(C)C)s2)s1. The second kappa shape index (κ2) is 7.11. The lowest BCUT2D eigenvalue weighted by Gasteiger charge is -2.25. The molecule has 1 aliphatic heterocycles. The van der Waals surface area contributed by atoms with Crippen molar-refractivity contribution < 1.29 is 4.79 Å². The summed E-state index contributed by atoms with van der Waals surface area (Å²) in [5, 5.41) is 3.56. The molecule has 1 fully saturated rings. The predicted molar refractivity (Wildman–Crippen MR) is 97.5 cm³/mol. The van der Waals surface area contributed by atoms with Crippen molar-refractivity contribution in [1.29, 1.82) is 0 Å². The largest absolute Gasteiger partial charge is 0.297 e. The molecule has 1 saturated heterocycles. The van der Waals surface area contributed by atoms with Crippen molar-refractivity contribution >= 4 is 33.7 Å². The number of likely N-dealkylation sites (tertiary alicyclic amines) is 1. The van der Waals surface area contributed by atoms with E-state index in [1.54, 1.807) is 17.5 Å². The van der Waals surface area contributed by atoms with Gasteiger partial charge in [-0.05, 0) is 44.4 Å². The summed E-state index contributed by atoms with van der Waals surface area (Å²) < 4.78 is 0. The summed E-state index contributed by atoms with van der Waals surface area (Å²) >= 11 is 3.12. The number of thiophene rings is 1. The van der Waals surface area contributed by atoms with Gasteiger partial charge in [-0.3, -0.25) is 15.0 Å². The topological polar surface area (TPSA) is 45.2 Å². The summed E-state index contributed by atoms with van der Waals surface area (Å²) in [5.41, 5.74) is 0. The zero-order valence-electron chi connectivity index (χ0n) is 13.8. The van der Waals surface area contributed by atoms with Crippen LogP contribution in [0.25, 0.3) is 0 Å². The highest BCUT2D eigenvalue weighted by Crippen LogP contribution is 2.36. The van der Waals surface area contributed by atoms with Gasteiger partial charge < -0.3 is 0 Å². The highest BCUT2D eigenvalue weighted by Gasteiger charge is 2.28. The van der Waals surface area contributed by atoms with E-state index in [-0.39, 0.29) is 5.91 Å². The molecule has 0 spiro atoms. The van der Waals surface area contributed by atoms with Crippen LogP contribution in [0.4, 0.5) is 5.13 Å². The van der Waals surface area contributed by atoms with E-state index >= 15 is 0 Å².